The van der Waals surface area contributed by atoms with Crippen LogP contribution in [0.3, 0.4) is 0 Å². The Morgan fingerprint density at radius 3 is 2.89 bits per heavy atom. The maximum absolute atomic E-state index is 11.2. The first-order valence-electron chi connectivity index (χ1n) is 5.53. The topological polar surface area (TPSA) is 87.9 Å². The van der Waals surface area contributed by atoms with E-state index in [1.165, 1.54) is 13.0 Å². The van der Waals surface area contributed by atoms with Gasteiger partial charge < -0.3 is 14.2 Å². The Balaban J connectivity index is 2.43. The van der Waals surface area contributed by atoms with Gasteiger partial charge in [0, 0.05) is 6.92 Å². The second-order valence-corrected chi connectivity index (χ2v) is 4.10. The minimum Gasteiger partial charge on any atom is -0.458 e. The van der Waals surface area contributed by atoms with Crippen LogP contribution in [-0.4, -0.2) is 23.3 Å². The van der Waals surface area contributed by atoms with Gasteiger partial charge in [0.1, 0.15) is 5.76 Å². The van der Waals surface area contributed by atoms with Crippen LogP contribution in [0, 0.1) is 10.1 Å². The Labute approximate surface area is 103 Å². The molecule has 98 valence electrons. The molecule has 2 rings (SSSR count). The second-order valence-electron chi connectivity index (χ2n) is 4.10. The van der Waals surface area contributed by atoms with Gasteiger partial charge in [0.05, 0.1) is 17.4 Å². The highest BCUT2D eigenvalue weighted by Crippen LogP contribution is 2.41. The fourth-order valence-electron chi connectivity index (χ4n) is 2.14. The van der Waals surface area contributed by atoms with Crippen LogP contribution in [-0.2, 0) is 19.0 Å². The van der Waals surface area contributed by atoms with Crippen molar-refractivity contribution in [3.05, 3.63) is 33.4 Å². The number of hydrogen-bond donors (Lipinski definition) is 0. The van der Waals surface area contributed by atoms with E-state index in [0.29, 0.717) is 17.9 Å². The SMILES string of the molecule is CCC1(OC(C)=O)CC2=C(C=C1[N+](=O)[O-])OCO2. The summed E-state index contributed by atoms with van der Waals surface area (Å²) in [6.45, 7) is 2.98. The Hall–Kier alpha value is -2.05. The third-order valence-electron chi connectivity index (χ3n) is 3.01. The van der Waals surface area contributed by atoms with Crippen molar-refractivity contribution in [3.63, 3.8) is 0 Å². The van der Waals surface area contributed by atoms with E-state index in [-0.39, 0.29) is 18.9 Å². The minimum absolute atomic E-state index is 0.0338. The summed E-state index contributed by atoms with van der Waals surface area (Å²) in [7, 11) is 0. The van der Waals surface area contributed by atoms with Crippen molar-refractivity contribution in [2.24, 2.45) is 0 Å². The van der Waals surface area contributed by atoms with E-state index in [0.717, 1.165) is 0 Å². The van der Waals surface area contributed by atoms with Crippen molar-refractivity contribution < 1.29 is 23.9 Å². The van der Waals surface area contributed by atoms with Crippen molar-refractivity contribution in [2.45, 2.75) is 32.3 Å². The van der Waals surface area contributed by atoms with Crippen molar-refractivity contribution in [3.8, 4) is 0 Å². The van der Waals surface area contributed by atoms with E-state index in [1.54, 1.807) is 6.92 Å². The average Bonchev–Trinajstić information content (AvgIpc) is 2.73. The van der Waals surface area contributed by atoms with Crippen molar-refractivity contribution in [2.75, 3.05) is 6.79 Å². The smallest absolute Gasteiger partial charge is 0.303 e. The quantitative estimate of drug-likeness (QED) is 0.431. The zero-order valence-corrected chi connectivity index (χ0v) is 10.1. The van der Waals surface area contributed by atoms with Crippen LogP contribution in [0.15, 0.2) is 23.3 Å². The first-order chi connectivity index (χ1) is 8.48. The molecular weight excluding hydrogens is 242 g/mol. The maximum Gasteiger partial charge on any atom is 0.303 e. The molecule has 1 atom stereocenters. The van der Waals surface area contributed by atoms with E-state index >= 15 is 0 Å². The first kappa shape index (κ1) is 12.4. The molecule has 7 nitrogen and oxygen atoms in total. The summed E-state index contributed by atoms with van der Waals surface area (Å²) in [4.78, 5) is 21.8. The van der Waals surface area contributed by atoms with Crippen molar-refractivity contribution >= 4 is 5.97 Å². The van der Waals surface area contributed by atoms with Crippen molar-refractivity contribution in [1.29, 1.82) is 0 Å². The number of ether oxygens (including phenoxy) is 3. The molecule has 0 saturated heterocycles. The van der Waals surface area contributed by atoms with E-state index in [2.05, 4.69) is 0 Å². The van der Waals surface area contributed by atoms with Crippen molar-refractivity contribution in [1.82, 2.24) is 0 Å². The lowest BCUT2D eigenvalue weighted by Crippen LogP contribution is -2.41. The summed E-state index contributed by atoms with van der Waals surface area (Å²) in [6.07, 6.45) is 1.70. The lowest BCUT2D eigenvalue weighted by molar-refractivity contribution is -0.445. The zero-order chi connectivity index (χ0) is 13.3. The molecule has 18 heavy (non-hydrogen) atoms. The summed E-state index contributed by atoms with van der Waals surface area (Å²) >= 11 is 0. The molecule has 0 aromatic carbocycles. The Morgan fingerprint density at radius 2 is 2.33 bits per heavy atom. The molecular formula is C11H13NO6. The summed E-state index contributed by atoms with van der Waals surface area (Å²) in [5.74, 6) is 0.272. The average molecular weight is 255 g/mol. The van der Waals surface area contributed by atoms with Gasteiger partial charge >= 0.3 is 5.97 Å². The molecule has 0 saturated carbocycles. The van der Waals surface area contributed by atoms with Gasteiger partial charge in [-0.1, -0.05) is 6.92 Å². The Morgan fingerprint density at radius 1 is 1.61 bits per heavy atom. The minimum atomic E-state index is -1.28. The third kappa shape index (κ3) is 1.92. The van der Waals surface area contributed by atoms with E-state index < -0.39 is 16.5 Å². The number of carbonyl (C=O) groups excluding carboxylic acids is 1. The van der Waals surface area contributed by atoms with Gasteiger partial charge in [0.15, 0.2) is 5.76 Å². The second kappa shape index (κ2) is 4.32. The number of nitrogens with zero attached hydrogens (tertiary/aromatic N) is 1. The summed E-state index contributed by atoms with van der Waals surface area (Å²) in [5, 5.41) is 11.1. The van der Waals surface area contributed by atoms with Crippen LogP contribution in [0.1, 0.15) is 26.7 Å². The van der Waals surface area contributed by atoms with Gasteiger partial charge in [-0.25, -0.2) is 0 Å². The normalized spacial score (nSPS) is 25.8. The van der Waals surface area contributed by atoms with E-state index in [9.17, 15) is 14.9 Å². The standard InChI is InChI=1S/C11H13NO6/c1-3-11(18-7(2)13)5-9-8(16-6-17-9)4-10(11)12(14)15/h4H,3,5-6H2,1-2H3. The highest BCUT2D eigenvalue weighted by molar-refractivity contribution is 5.67. The number of carbonyl (C=O) groups is 1. The van der Waals surface area contributed by atoms with Gasteiger partial charge in [0.2, 0.25) is 12.4 Å². The van der Waals surface area contributed by atoms with Crippen LogP contribution in [0.5, 0.6) is 0 Å². The largest absolute Gasteiger partial charge is 0.458 e. The summed E-state index contributed by atoms with van der Waals surface area (Å²) in [6, 6.07) is 0. The molecule has 0 aromatic rings. The molecule has 1 aliphatic heterocycles. The number of esters is 1. The summed E-state index contributed by atoms with van der Waals surface area (Å²) < 4.78 is 15.5. The maximum atomic E-state index is 11.2. The van der Waals surface area contributed by atoms with Crippen LogP contribution in [0.2, 0.25) is 0 Å². The molecule has 0 aromatic heterocycles. The lowest BCUT2D eigenvalue weighted by Gasteiger charge is -2.30. The fraction of sp³-hybridized carbons (Fsp3) is 0.545. The number of allylic oxidation sites excluding steroid dienone is 1. The van der Waals surface area contributed by atoms with Gasteiger partial charge in [-0.3, -0.25) is 14.9 Å². The third-order valence-corrected chi connectivity index (χ3v) is 3.01. The molecule has 2 aliphatic rings. The molecule has 0 spiro atoms. The van der Waals surface area contributed by atoms with Crippen LogP contribution < -0.4 is 0 Å². The number of nitro groups is 1. The Kier molecular flexibility index (Phi) is 2.98. The Bertz CT molecular complexity index is 466. The predicted molar refractivity (Wildman–Crippen MR) is 58.5 cm³/mol. The van der Waals surface area contributed by atoms with Gasteiger partial charge in [0.25, 0.3) is 5.70 Å². The fourth-order valence-corrected chi connectivity index (χ4v) is 2.14. The number of hydrogen-bond acceptors (Lipinski definition) is 6. The molecule has 1 aliphatic carbocycles. The summed E-state index contributed by atoms with van der Waals surface area (Å²) in [5.41, 5.74) is -1.45. The molecule has 1 unspecified atom stereocenters. The first-order valence-corrected chi connectivity index (χ1v) is 5.53. The van der Waals surface area contributed by atoms with E-state index in [4.69, 9.17) is 14.2 Å². The number of rotatable bonds is 3. The van der Waals surface area contributed by atoms with Crippen LogP contribution >= 0.6 is 0 Å². The highest BCUT2D eigenvalue weighted by atomic mass is 16.7. The molecule has 7 heteroatoms. The van der Waals surface area contributed by atoms with E-state index in [1.807, 2.05) is 0 Å². The highest BCUT2D eigenvalue weighted by Gasteiger charge is 2.50. The molecule has 0 fully saturated rings. The molecule has 1 heterocycles. The molecule has 0 radical (unpaired) electrons. The molecule has 0 bridgehead atoms. The van der Waals surface area contributed by atoms with Gasteiger partial charge in [-0.05, 0) is 6.42 Å². The monoisotopic (exact) mass is 255 g/mol. The lowest BCUT2D eigenvalue weighted by atomic mass is 9.87. The van der Waals surface area contributed by atoms with Gasteiger partial charge in [-0.2, -0.15) is 0 Å². The predicted octanol–water partition coefficient (Wildman–Crippen LogP) is 1.48. The van der Waals surface area contributed by atoms with Crippen LogP contribution in [0.4, 0.5) is 0 Å². The zero-order valence-electron chi connectivity index (χ0n) is 10.1. The van der Waals surface area contributed by atoms with Crippen LogP contribution in [0.25, 0.3) is 0 Å². The molecule has 0 amide bonds. The molecule has 0 N–H and O–H groups in total. The van der Waals surface area contributed by atoms with Gasteiger partial charge in [-0.15, -0.1) is 0 Å².